The van der Waals surface area contributed by atoms with Crippen LogP contribution in [0.15, 0.2) is 170 Å². The summed E-state index contributed by atoms with van der Waals surface area (Å²) in [7, 11) is 6.75. The molecule has 0 spiro atoms. The molecule has 0 amide bonds. The van der Waals surface area contributed by atoms with Crippen LogP contribution in [-0.2, 0) is 6.42 Å². The fourth-order valence-corrected chi connectivity index (χ4v) is 6.63. The monoisotopic (exact) mass is 698 g/mol. The first kappa shape index (κ1) is 34.8. The number of rotatable bonds is 13. The first-order valence-electron chi connectivity index (χ1n) is 17.5. The first-order valence-corrected chi connectivity index (χ1v) is 17.5. The number of ether oxygens (including phenoxy) is 4. The van der Waals surface area contributed by atoms with Crippen molar-refractivity contribution in [3.05, 3.63) is 181 Å². The molecule has 0 saturated heterocycles. The average Bonchev–Trinajstić information content (AvgIpc) is 3.22. The van der Waals surface area contributed by atoms with E-state index in [1.54, 1.807) is 28.4 Å². The van der Waals surface area contributed by atoms with Gasteiger partial charge in [-0.15, -0.1) is 0 Å². The van der Waals surface area contributed by atoms with Crippen LogP contribution in [0.1, 0.15) is 11.1 Å². The molecular formula is C47H42N2O4. The van der Waals surface area contributed by atoms with Gasteiger partial charge in [-0.1, -0.05) is 54.6 Å². The lowest BCUT2D eigenvalue weighted by Gasteiger charge is -2.30. The number of nitrogens with zero attached hydrogens (tertiary/aromatic N) is 2. The third-order valence-electron chi connectivity index (χ3n) is 9.30. The summed E-state index contributed by atoms with van der Waals surface area (Å²) in [6.07, 6.45) is 0.712. The van der Waals surface area contributed by atoms with Crippen LogP contribution in [0.4, 0.5) is 34.1 Å². The van der Waals surface area contributed by atoms with E-state index in [4.69, 9.17) is 18.9 Å². The Kier molecular flexibility index (Phi) is 10.6. The molecule has 6 heteroatoms. The van der Waals surface area contributed by atoms with E-state index in [9.17, 15) is 0 Å². The molecule has 0 N–H and O–H groups in total. The van der Waals surface area contributed by atoms with Gasteiger partial charge in [-0.3, -0.25) is 0 Å². The van der Waals surface area contributed by atoms with Crippen molar-refractivity contribution in [2.75, 3.05) is 38.2 Å². The van der Waals surface area contributed by atoms with Gasteiger partial charge in [0.2, 0.25) is 0 Å². The summed E-state index contributed by atoms with van der Waals surface area (Å²) in [5.74, 6) is 3.17. The molecule has 53 heavy (non-hydrogen) atoms. The minimum absolute atomic E-state index is 0.712. The zero-order valence-electron chi connectivity index (χ0n) is 30.4. The summed E-state index contributed by atoms with van der Waals surface area (Å²) < 4.78 is 22.2. The molecule has 7 aromatic rings. The van der Waals surface area contributed by atoms with Crippen molar-refractivity contribution in [1.82, 2.24) is 0 Å². The fourth-order valence-electron chi connectivity index (χ4n) is 6.63. The van der Waals surface area contributed by atoms with E-state index >= 15 is 0 Å². The molecule has 0 fully saturated rings. The smallest absolute Gasteiger partial charge is 0.119 e. The lowest BCUT2D eigenvalue weighted by Crippen LogP contribution is -2.14. The van der Waals surface area contributed by atoms with Gasteiger partial charge in [-0.2, -0.15) is 0 Å². The lowest BCUT2D eigenvalue weighted by atomic mass is 9.94. The molecule has 6 nitrogen and oxygen atoms in total. The van der Waals surface area contributed by atoms with Crippen molar-refractivity contribution >= 4 is 34.1 Å². The van der Waals surface area contributed by atoms with Gasteiger partial charge in [0.1, 0.15) is 23.0 Å². The van der Waals surface area contributed by atoms with Crippen LogP contribution in [0.2, 0.25) is 0 Å². The van der Waals surface area contributed by atoms with Gasteiger partial charge in [-0.25, -0.2) is 0 Å². The second kappa shape index (κ2) is 16.1. The Morgan fingerprint density at radius 3 is 1.09 bits per heavy atom. The molecule has 0 saturated carbocycles. The highest BCUT2D eigenvalue weighted by Crippen LogP contribution is 2.43. The van der Waals surface area contributed by atoms with E-state index in [1.165, 1.54) is 16.7 Å². The predicted molar refractivity (Wildman–Crippen MR) is 217 cm³/mol. The second-order valence-electron chi connectivity index (χ2n) is 12.5. The van der Waals surface area contributed by atoms with Crippen LogP contribution in [0.25, 0.3) is 11.1 Å². The summed E-state index contributed by atoms with van der Waals surface area (Å²) in [5.41, 5.74) is 10.7. The van der Waals surface area contributed by atoms with Crippen LogP contribution >= 0.6 is 0 Å². The van der Waals surface area contributed by atoms with E-state index in [2.05, 4.69) is 131 Å². The summed E-state index contributed by atoms with van der Waals surface area (Å²) >= 11 is 0. The van der Waals surface area contributed by atoms with Crippen molar-refractivity contribution in [2.24, 2.45) is 0 Å². The van der Waals surface area contributed by atoms with Crippen LogP contribution in [0.3, 0.4) is 0 Å². The van der Waals surface area contributed by atoms with Crippen LogP contribution in [-0.4, -0.2) is 28.4 Å². The van der Waals surface area contributed by atoms with E-state index in [1.807, 2.05) is 48.5 Å². The SMILES string of the molecule is COc1ccc(N(c2ccc(OC)cc2)c2cc(Cc3ccccc3-c3ccccc3)cc(N(c3ccc(OC)cc3)c3ccc(OC)cc3)c2)cc1. The normalized spacial score (nSPS) is 10.7. The van der Waals surface area contributed by atoms with E-state index in [0.717, 1.165) is 62.7 Å². The van der Waals surface area contributed by atoms with Gasteiger partial charge in [0.25, 0.3) is 0 Å². The van der Waals surface area contributed by atoms with Crippen molar-refractivity contribution < 1.29 is 18.9 Å². The Morgan fingerprint density at radius 1 is 0.358 bits per heavy atom. The van der Waals surface area contributed by atoms with Gasteiger partial charge in [0, 0.05) is 34.1 Å². The molecule has 0 heterocycles. The summed E-state index contributed by atoms with van der Waals surface area (Å²) in [5, 5.41) is 0. The fraction of sp³-hybridized carbons (Fsp3) is 0.106. The predicted octanol–water partition coefficient (Wildman–Crippen LogP) is 11.9. The maximum absolute atomic E-state index is 5.55. The summed E-state index contributed by atoms with van der Waals surface area (Å²) in [6.45, 7) is 0. The highest BCUT2D eigenvalue weighted by Gasteiger charge is 2.20. The van der Waals surface area contributed by atoms with Gasteiger partial charge in [0.05, 0.1) is 28.4 Å². The van der Waals surface area contributed by atoms with Crippen molar-refractivity contribution in [1.29, 1.82) is 0 Å². The Bertz CT molecular complexity index is 2020. The Morgan fingerprint density at radius 2 is 0.717 bits per heavy atom. The molecule has 7 aromatic carbocycles. The number of hydrogen-bond donors (Lipinski definition) is 0. The van der Waals surface area contributed by atoms with Gasteiger partial charge >= 0.3 is 0 Å². The third kappa shape index (κ3) is 7.82. The molecule has 0 aliphatic rings. The van der Waals surface area contributed by atoms with E-state index < -0.39 is 0 Å². The quantitative estimate of drug-likeness (QED) is 0.119. The second-order valence-corrected chi connectivity index (χ2v) is 12.5. The molecule has 0 bridgehead atoms. The number of anilines is 6. The highest BCUT2D eigenvalue weighted by molar-refractivity contribution is 5.84. The molecule has 0 aliphatic carbocycles. The van der Waals surface area contributed by atoms with Crippen molar-refractivity contribution in [2.45, 2.75) is 6.42 Å². The van der Waals surface area contributed by atoms with Gasteiger partial charge < -0.3 is 28.7 Å². The molecule has 0 unspecified atom stereocenters. The average molecular weight is 699 g/mol. The largest absolute Gasteiger partial charge is 0.497 e. The summed E-state index contributed by atoms with van der Waals surface area (Å²) in [4.78, 5) is 4.55. The Labute approximate surface area is 312 Å². The first-order chi connectivity index (χ1) is 26.1. The number of methoxy groups -OCH3 is 4. The van der Waals surface area contributed by atoms with Crippen molar-refractivity contribution in [3.8, 4) is 34.1 Å². The zero-order valence-corrected chi connectivity index (χ0v) is 30.4. The minimum Gasteiger partial charge on any atom is -0.497 e. The molecule has 0 atom stereocenters. The standard InChI is InChI=1S/C47H42N2O4/c1-50-43-22-14-37(15-23-43)48(38-16-24-44(51-2)25-17-38)41-31-34(30-36-12-8-9-13-47(36)35-10-6-5-7-11-35)32-42(33-41)49(39-18-26-45(52-3)27-19-39)40-20-28-46(53-4)29-21-40/h5-29,31-33H,30H2,1-4H3. The number of benzene rings is 7. The van der Waals surface area contributed by atoms with Crippen LogP contribution in [0.5, 0.6) is 23.0 Å². The Balaban J connectivity index is 1.45. The molecule has 7 rings (SSSR count). The molecule has 0 aliphatic heterocycles. The Hall–Kier alpha value is -6.66. The van der Waals surface area contributed by atoms with Gasteiger partial charge in [-0.05, 0) is 144 Å². The minimum atomic E-state index is 0.712. The topological polar surface area (TPSA) is 43.4 Å². The van der Waals surface area contributed by atoms with Crippen molar-refractivity contribution in [3.63, 3.8) is 0 Å². The number of hydrogen-bond acceptors (Lipinski definition) is 6. The third-order valence-corrected chi connectivity index (χ3v) is 9.30. The molecule has 0 radical (unpaired) electrons. The molecule has 264 valence electrons. The van der Waals surface area contributed by atoms with Gasteiger partial charge in [0.15, 0.2) is 0 Å². The van der Waals surface area contributed by atoms with E-state index in [-0.39, 0.29) is 0 Å². The zero-order chi connectivity index (χ0) is 36.6. The molecular weight excluding hydrogens is 657 g/mol. The summed E-state index contributed by atoms with van der Waals surface area (Å²) in [6, 6.07) is 58.7. The molecule has 0 aromatic heterocycles. The maximum Gasteiger partial charge on any atom is 0.119 e. The van der Waals surface area contributed by atoms with E-state index in [0.29, 0.717) is 6.42 Å². The highest BCUT2D eigenvalue weighted by atomic mass is 16.5. The van der Waals surface area contributed by atoms with Crippen LogP contribution < -0.4 is 28.7 Å². The van der Waals surface area contributed by atoms with Crippen LogP contribution in [0, 0.1) is 0 Å². The lowest BCUT2D eigenvalue weighted by molar-refractivity contribution is 0.414. The maximum atomic E-state index is 5.55.